The third-order valence-corrected chi connectivity index (χ3v) is 18.3. The maximum atomic E-state index is 13.0. The molecule has 528 valence electrons. The lowest BCUT2D eigenvalue weighted by Crippen LogP contribution is -2.30. The molecule has 3 unspecified atom stereocenters. The Labute approximate surface area is 543 Å². The molecule has 0 aliphatic carbocycles. The summed E-state index contributed by atoms with van der Waals surface area (Å²) in [5.41, 5.74) is 0. The number of phosphoric ester groups is 2. The molecule has 0 saturated carbocycles. The van der Waals surface area contributed by atoms with E-state index in [1.54, 1.807) is 0 Å². The Hall–Kier alpha value is -1.94. The molecule has 0 aliphatic rings. The third kappa shape index (κ3) is 63.2. The van der Waals surface area contributed by atoms with Crippen LogP contribution in [0.25, 0.3) is 0 Å². The van der Waals surface area contributed by atoms with Crippen molar-refractivity contribution in [3.8, 4) is 0 Å². The van der Waals surface area contributed by atoms with Crippen LogP contribution in [0.3, 0.4) is 0 Å². The van der Waals surface area contributed by atoms with Gasteiger partial charge in [-0.1, -0.05) is 293 Å². The molecule has 17 nitrogen and oxygen atoms in total. The van der Waals surface area contributed by atoms with Crippen LogP contribution in [0.4, 0.5) is 0 Å². The van der Waals surface area contributed by atoms with Crippen LogP contribution < -0.4 is 0 Å². The Morgan fingerprint density at radius 3 is 0.798 bits per heavy atom. The number of carbonyl (C=O) groups is 4. The van der Waals surface area contributed by atoms with Crippen LogP contribution in [0, 0.1) is 23.7 Å². The zero-order chi connectivity index (χ0) is 66.1. The molecule has 0 amide bonds. The topological polar surface area (TPSA) is 237 Å². The number of esters is 4. The second-order valence-corrected chi connectivity index (χ2v) is 29.8. The maximum absolute atomic E-state index is 13.0. The monoisotopic (exact) mass is 1310 g/mol. The third-order valence-electron chi connectivity index (χ3n) is 16.4. The van der Waals surface area contributed by atoms with E-state index in [-0.39, 0.29) is 25.7 Å². The molecule has 0 heterocycles. The molecule has 89 heavy (non-hydrogen) atoms. The molecule has 0 spiro atoms. The normalized spacial score (nSPS) is 14.6. The number of hydrogen-bond donors (Lipinski definition) is 3. The summed E-state index contributed by atoms with van der Waals surface area (Å²) in [6, 6.07) is 0. The van der Waals surface area contributed by atoms with E-state index >= 15 is 0 Å². The van der Waals surface area contributed by atoms with Gasteiger partial charge in [-0.2, -0.15) is 0 Å². The fourth-order valence-electron chi connectivity index (χ4n) is 10.5. The molecule has 0 saturated heterocycles. The van der Waals surface area contributed by atoms with Crippen molar-refractivity contribution in [3.05, 3.63) is 0 Å². The van der Waals surface area contributed by atoms with Crippen molar-refractivity contribution in [2.75, 3.05) is 39.6 Å². The molecule has 0 radical (unpaired) electrons. The van der Waals surface area contributed by atoms with Gasteiger partial charge in [0, 0.05) is 25.7 Å². The Balaban J connectivity index is 5.24. The molecular formula is C70H136O17P2. The van der Waals surface area contributed by atoms with Crippen LogP contribution in [0.2, 0.25) is 0 Å². The van der Waals surface area contributed by atoms with Gasteiger partial charge >= 0.3 is 39.5 Å². The maximum Gasteiger partial charge on any atom is 0.472 e. The highest BCUT2D eigenvalue weighted by molar-refractivity contribution is 7.47. The van der Waals surface area contributed by atoms with Crippen molar-refractivity contribution in [2.24, 2.45) is 23.7 Å². The van der Waals surface area contributed by atoms with Crippen LogP contribution >= 0.6 is 15.6 Å². The van der Waals surface area contributed by atoms with Crippen LogP contribution in [0.15, 0.2) is 0 Å². The van der Waals surface area contributed by atoms with Crippen molar-refractivity contribution in [1.82, 2.24) is 0 Å². The largest absolute Gasteiger partial charge is 0.472 e. The molecule has 0 bridgehead atoms. The average Bonchev–Trinajstić information content (AvgIpc) is 3.70. The van der Waals surface area contributed by atoms with Crippen molar-refractivity contribution in [2.45, 2.75) is 363 Å². The smallest absolute Gasteiger partial charge is 0.462 e. The van der Waals surface area contributed by atoms with E-state index in [1.807, 2.05) is 0 Å². The number of ether oxygens (including phenoxy) is 4. The van der Waals surface area contributed by atoms with Gasteiger partial charge in [-0.25, -0.2) is 9.13 Å². The minimum Gasteiger partial charge on any atom is -0.462 e. The van der Waals surface area contributed by atoms with Crippen LogP contribution in [0.5, 0.6) is 0 Å². The van der Waals surface area contributed by atoms with Gasteiger partial charge in [0.2, 0.25) is 0 Å². The number of hydrogen-bond acceptors (Lipinski definition) is 15. The van der Waals surface area contributed by atoms with Gasteiger partial charge < -0.3 is 33.8 Å². The highest BCUT2D eigenvalue weighted by atomic mass is 31.2. The van der Waals surface area contributed by atoms with E-state index in [4.69, 9.17) is 37.0 Å². The number of aliphatic hydroxyl groups is 1. The summed E-state index contributed by atoms with van der Waals surface area (Å²) in [7, 11) is -9.90. The number of rotatable bonds is 67. The highest BCUT2D eigenvalue weighted by Gasteiger charge is 2.30. The van der Waals surface area contributed by atoms with E-state index in [9.17, 15) is 43.2 Å². The molecule has 0 aliphatic heterocycles. The van der Waals surface area contributed by atoms with Gasteiger partial charge in [0.1, 0.15) is 19.3 Å². The first-order valence-electron chi connectivity index (χ1n) is 36.2. The van der Waals surface area contributed by atoms with Gasteiger partial charge in [0.05, 0.1) is 26.4 Å². The number of phosphoric acid groups is 2. The van der Waals surface area contributed by atoms with Crippen molar-refractivity contribution >= 4 is 39.5 Å². The SMILES string of the molecule is CCC(C)CCCCCCCCCCCCC(=O)OC[C@H](COP(=O)(O)OC[C@@H](O)COP(=O)(O)OC[C@@H](COC(=O)CCCCCCCCC(C)C)OC(=O)CCCCCCCCCCCCCCC(C)C)OC(=O)CCCCCCCCCCC(C)C. The number of unbranched alkanes of at least 4 members (excludes halogenated alkanes) is 32. The zero-order valence-electron chi connectivity index (χ0n) is 58.1. The predicted octanol–water partition coefficient (Wildman–Crippen LogP) is 19.7. The number of carbonyl (C=O) groups excluding carboxylic acids is 4. The van der Waals surface area contributed by atoms with E-state index in [2.05, 4.69) is 55.4 Å². The fraction of sp³-hybridized carbons (Fsp3) is 0.943. The lowest BCUT2D eigenvalue weighted by atomic mass is 9.99. The predicted molar refractivity (Wildman–Crippen MR) is 358 cm³/mol. The molecule has 0 rings (SSSR count). The molecule has 19 heteroatoms. The van der Waals surface area contributed by atoms with Gasteiger partial charge in [0.15, 0.2) is 12.2 Å². The lowest BCUT2D eigenvalue weighted by molar-refractivity contribution is -0.161. The first-order valence-corrected chi connectivity index (χ1v) is 39.2. The van der Waals surface area contributed by atoms with Gasteiger partial charge in [-0.15, -0.1) is 0 Å². The Bertz CT molecular complexity index is 1770. The van der Waals surface area contributed by atoms with Crippen molar-refractivity contribution < 1.29 is 80.2 Å². The van der Waals surface area contributed by atoms with Crippen molar-refractivity contribution in [1.29, 1.82) is 0 Å². The minimum absolute atomic E-state index is 0.104. The van der Waals surface area contributed by atoms with Gasteiger partial charge in [0.25, 0.3) is 0 Å². The Morgan fingerprint density at radius 1 is 0.315 bits per heavy atom. The van der Waals surface area contributed by atoms with E-state index < -0.39 is 97.5 Å². The molecule has 0 fully saturated rings. The molecule has 0 aromatic carbocycles. The second-order valence-electron chi connectivity index (χ2n) is 26.9. The summed E-state index contributed by atoms with van der Waals surface area (Å²) >= 11 is 0. The first kappa shape index (κ1) is 87.1. The summed E-state index contributed by atoms with van der Waals surface area (Å²) in [6.45, 7) is 14.1. The van der Waals surface area contributed by atoms with Crippen LogP contribution in [0.1, 0.15) is 344 Å². The van der Waals surface area contributed by atoms with E-state index in [0.29, 0.717) is 31.6 Å². The molecule has 0 aromatic heterocycles. The zero-order valence-corrected chi connectivity index (χ0v) is 59.8. The minimum atomic E-state index is -4.95. The summed E-state index contributed by atoms with van der Waals surface area (Å²) in [5.74, 6) is 0.852. The quantitative estimate of drug-likeness (QED) is 0.0222. The standard InChI is InChI=1S/C70H136O17P2/c1-9-63(8)49-41-33-24-17-14-15-18-25-34-42-50-67(72)80-56-65(87-70(75)53-45-37-27-21-20-23-31-39-47-61(4)5)58-84-88(76,77)82-54-64(71)55-83-89(78,79)85-59-66(57-81-68(73)51-43-35-29-28-32-40-48-62(6)7)86-69(74)52-44-36-26-19-13-11-10-12-16-22-30-38-46-60(2)3/h60-66,71H,9-59H2,1-8H3,(H,76,77)(H,78,79)/t63?,64-,65-,66-/m1/s1. The number of aliphatic hydroxyl groups excluding tert-OH is 1. The Kier molecular flexibility index (Phi) is 58.5. The van der Waals surface area contributed by atoms with Crippen LogP contribution in [-0.2, 0) is 65.4 Å². The highest BCUT2D eigenvalue weighted by Crippen LogP contribution is 2.45. The summed E-state index contributed by atoms with van der Waals surface area (Å²) in [5, 5.41) is 10.6. The molecule has 3 N–H and O–H groups in total. The fourth-order valence-corrected chi connectivity index (χ4v) is 12.0. The second kappa shape index (κ2) is 59.8. The van der Waals surface area contributed by atoms with E-state index in [1.165, 1.54) is 141 Å². The van der Waals surface area contributed by atoms with Gasteiger partial charge in [-0.05, 0) is 49.4 Å². The molecule has 0 aromatic rings. The average molecular weight is 1310 g/mol. The summed E-state index contributed by atoms with van der Waals surface area (Å²) < 4.78 is 68.2. The Morgan fingerprint density at radius 2 is 0.539 bits per heavy atom. The van der Waals surface area contributed by atoms with Crippen molar-refractivity contribution in [3.63, 3.8) is 0 Å². The van der Waals surface area contributed by atoms with Crippen LogP contribution in [-0.4, -0.2) is 96.7 Å². The lowest BCUT2D eigenvalue weighted by Gasteiger charge is -2.21. The van der Waals surface area contributed by atoms with E-state index in [0.717, 1.165) is 114 Å². The first-order chi connectivity index (χ1) is 42.6. The molecular weight excluding hydrogens is 1170 g/mol. The van der Waals surface area contributed by atoms with Gasteiger partial charge in [-0.3, -0.25) is 37.3 Å². The molecule has 6 atom stereocenters. The summed E-state index contributed by atoms with van der Waals surface area (Å²) in [4.78, 5) is 72.5. The summed E-state index contributed by atoms with van der Waals surface area (Å²) in [6.07, 6.45) is 41.8.